The topological polar surface area (TPSA) is 126 Å². The zero-order chi connectivity index (χ0) is 24.8. The third kappa shape index (κ3) is 11.5. The molecule has 1 aliphatic heterocycles. The van der Waals surface area contributed by atoms with Gasteiger partial charge in [-0.2, -0.15) is 0 Å². The molecule has 190 valence electrons. The second-order valence-corrected chi connectivity index (χ2v) is 8.18. The number of nitrogens with one attached hydrogen (secondary N) is 1. The van der Waals surface area contributed by atoms with E-state index in [4.69, 9.17) is 23.7 Å². The molecule has 0 saturated carbocycles. The summed E-state index contributed by atoms with van der Waals surface area (Å²) in [5, 5.41) is 2.71. The van der Waals surface area contributed by atoms with Gasteiger partial charge in [0.2, 0.25) is 5.91 Å². The van der Waals surface area contributed by atoms with Gasteiger partial charge >= 0.3 is 17.9 Å². The number of hydrogen-bond acceptors (Lipinski definition) is 9. The zero-order valence-electron chi connectivity index (χ0n) is 20.4. The number of amides is 1. The van der Waals surface area contributed by atoms with Crippen molar-refractivity contribution in [2.24, 2.45) is 0 Å². The van der Waals surface area contributed by atoms with Crippen LogP contribution in [0.1, 0.15) is 79.6 Å². The molecule has 1 heterocycles. The lowest BCUT2D eigenvalue weighted by Crippen LogP contribution is -2.66. The van der Waals surface area contributed by atoms with Crippen LogP contribution in [0.5, 0.6) is 0 Å². The van der Waals surface area contributed by atoms with Crippen molar-refractivity contribution in [2.45, 2.75) is 110 Å². The summed E-state index contributed by atoms with van der Waals surface area (Å²) in [7, 11) is 0. The lowest BCUT2D eigenvalue weighted by Gasteiger charge is -2.45. The summed E-state index contributed by atoms with van der Waals surface area (Å²) < 4.78 is 27.9. The number of carbonyl (C=O) groups is 4. The average Bonchev–Trinajstić information content (AvgIpc) is 2.70. The lowest BCUT2D eigenvalue weighted by atomic mass is 9.94. The van der Waals surface area contributed by atoms with Gasteiger partial charge in [0.1, 0.15) is 12.1 Å². The Morgan fingerprint density at radius 3 is 1.97 bits per heavy atom. The van der Waals surface area contributed by atoms with Crippen LogP contribution >= 0.6 is 0 Å². The predicted octanol–water partition coefficient (Wildman–Crippen LogP) is 2.41. The maximum Gasteiger partial charge on any atom is 0.303 e. The molecule has 0 aromatic carbocycles. The molecule has 0 spiro atoms. The third-order valence-electron chi connectivity index (χ3n) is 5.11. The van der Waals surface area contributed by atoms with Crippen molar-refractivity contribution in [1.82, 2.24) is 5.32 Å². The fraction of sp³-hybridized carbons (Fsp3) is 0.826. The van der Waals surface area contributed by atoms with Crippen molar-refractivity contribution in [3.05, 3.63) is 0 Å². The molecule has 1 aliphatic rings. The molecule has 10 heteroatoms. The number of unbranched alkanes of at least 4 members (excludes halogenated alkanes) is 5. The quantitative estimate of drug-likeness (QED) is 0.230. The van der Waals surface area contributed by atoms with E-state index in [1.807, 2.05) is 0 Å². The van der Waals surface area contributed by atoms with E-state index >= 15 is 0 Å². The van der Waals surface area contributed by atoms with E-state index in [9.17, 15) is 19.2 Å². The molecule has 0 radical (unpaired) electrons. The number of rotatable bonds is 14. The van der Waals surface area contributed by atoms with Gasteiger partial charge in [0.25, 0.3) is 0 Å². The molecule has 33 heavy (non-hydrogen) atoms. The smallest absolute Gasteiger partial charge is 0.303 e. The highest BCUT2D eigenvalue weighted by Crippen LogP contribution is 2.29. The first-order chi connectivity index (χ1) is 15.6. The Hall–Kier alpha value is -2.20. The zero-order valence-corrected chi connectivity index (χ0v) is 20.4. The van der Waals surface area contributed by atoms with Gasteiger partial charge in [0, 0.05) is 40.7 Å². The summed E-state index contributed by atoms with van der Waals surface area (Å²) in [4.78, 5) is 46.7. The Balaban J connectivity index is 3.01. The lowest BCUT2D eigenvalue weighted by molar-refractivity contribution is -0.274. The largest absolute Gasteiger partial charge is 0.466 e. The highest BCUT2D eigenvalue weighted by atomic mass is 16.7. The minimum atomic E-state index is -1.04. The number of esters is 3. The second-order valence-electron chi connectivity index (χ2n) is 8.18. The van der Waals surface area contributed by atoms with Crippen molar-refractivity contribution in [3.8, 4) is 0 Å². The Kier molecular flexibility index (Phi) is 13.6. The Morgan fingerprint density at radius 2 is 1.39 bits per heavy atom. The summed E-state index contributed by atoms with van der Waals surface area (Å²) >= 11 is 0. The minimum Gasteiger partial charge on any atom is -0.466 e. The fourth-order valence-corrected chi connectivity index (χ4v) is 3.73. The molecular weight excluding hydrogens is 434 g/mol. The normalized spacial score (nSPS) is 24.6. The Bertz CT molecular complexity index is 639. The van der Waals surface area contributed by atoms with Crippen LogP contribution in [-0.2, 0) is 42.9 Å². The Labute approximate surface area is 196 Å². The van der Waals surface area contributed by atoms with E-state index in [0.717, 1.165) is 19.3 Å². The van der Waals surface area contributed by atoms with E-state index in [1.54, 1.807) is 0 Å². The molecule has 1 rings (SSSR count). The van der Waals surface area contributed by atoms with Crippen molar-refractivity contribution < 1.29 is 42.9 Å². The molecule has 0 aromatic rings. The van der Waals surface area contributed by atoms with Gasteiger partial charge < -0.3 is 29.0 Å². The first kappa shape index (κ1) is 28.8. The van der Waals surface area contributed by atoms with Gasteiger partial charge in [0.05, 0.1) is 6.61 Å². The number of carbonyl (C=O) groups excluding carboxylic acids is 4. The van der Waals surface area contributed by atoms with Crippen molar-refractivity contribution >= 4 is 23.8 Å². The molecule has 0 bridgehead atoms. The molecule has 10 nitrogen and oxygen atoms in total. The molecule has 0 aromatic heterocycles. The van der Waals surface area contributed by atoms with E-state index in [1.165, 1.54) is 47.0 Å². The van der Waals surface area contributed by atoms with Gasteiger partial charge in [-0.05, 0) is 6.42 Å². The van der Waals surface area contributed by atoms with Crippen LogP contribution in [0.2, 0.25) is 0 Å². The Morgan fingerprint density at radius 1 is 0.788 bits per heavy atom. The number of hydrogen-bond donors (Lipinski definition) is 1. The van der Waals surface area contributed by atoms with Gasteiger partial charge in [0.15, 0.2) is 18.5 Å². The second kappa shape index (κ2) is 15.6. The average molecular weight is 474 g/mol. The van der Waals surface area contributed by atoms with Crippen LogP contribution in [0.3, 0.4) is 0 Å². The van der Waals surface area contributed by atoms with E-state index < -0.39 is 48.6 Å². The van der Waals surface area contributed by atoms with Gasteiger partial charge in [-0.15, -0.1) is 0 Å². The van der Waals surface area contributed by atoms with Crippen LogP contribution in [0, 0.1) is 0 Å². The maximum atomic E-state index is 11.9. The van der Waals surface area contributed by atoms with Crippen LogP contribution in [0.25, 0.3) is 0 Å². The first-order valence-corrected chi connectivity index (χ1v) is 11.7. The first-order valence-electron chi connectivity index (χ1n) is 11.7. The van der Waals surface area contributed by atoms with Gasteiger partial charge in [-0.3, -0.25) is 19.2 Å². The maximum absolute atomic E-state index is 11.9. The molecule has 1 saturated heterocycles. The minimum absolute atomic E-state index is 0.0134. The molecule has 5 atom stereocenters. The molecule has 1 amide bonds. The monoisotopic (exact) mass is 473 g/mol. The van der Waals surface area contributed by atoms with Crippen LogP contribution in [0.4, 0.5) is 0 Å². The predicted molar refractivity (Wildman–Crippen MR) is 118 cm³/mol. The summed E-state index contributed by atoms with van der Waals surface area (Å²) in [6.07, 6.45) is 2.84. The summed E-state index contributed by atoms with van der Waals surface area (Å²) in [5.41, 5.74) is 0. The summed E-state index contributed by atoms with van der Waals surface area (Å²) in [6.45, 7) is 7.61. The molecule has 0 aliphatic carbocycles. The van der Waals surface area contributed by atoms with E-state index in [-0.39, 0.29) is 18.9 Å². The van der Waals surface area contributed by atoms with Crippen molar-refractivity contribution in [2.75, 3.05) is 13.2 Å². The SMILES string of the molecule is CCCCCCCCO[C@@H]1O[C@H](CCOC(C)=O)[C@@H](OC(C)=O)[C@H](OC(C)=O)[C@H]1NC(C)=O. The highest BCUT2D eigenvalue weighted by Gasteiger charge is 2.50. The molecule has 0 unspecified atom stereocenters. The van der Waals surface area contributed by atoms with Crippen LogP contribution in [-0.4, -0.2) is 67.7 Å². The summed E-state index contributed by atoms with van der Waals surface area (Å²) in [6, 6.07) is -0.888. The fourth-order valence-electron chi connectivity index (χ4n) is 3.73. The molecule has 1 fully saturated rings. The van der Waals surface area contributed by atoms with Crippen molar-refractivity contribution in [3.63, 3.8) is 0 Å². The molecular formula is C23H39NO9. The van der Waals surface area contributed by atoms with Crippen molar-refractivity contribution in [1.29, 1.82) is 0 Å². The summed E-state index contributed by atoms with van der Waals surface area (Å²) in [5.74, 6) is -2.05. The van der Waals surface area contributed by atoms with Crippen LogP contribution < -0.4 is 5.32 Å². The standard InChI is InChI=1S/C23H39NO9/c1-6-7-8-9-10-11-13-30-23-20(24-15(2)25)22(32-18(5)28)21(31-17(4)27)19(33-23)12-14-29-16(3)26/h19-23H,6-14H2,1-5H3,(H,24,25)/t19-,20-,21-,22-,23-/m1/s1. The number of ether oxygens (including phenoxy) is 5. The van der Waals surface area contributed by atoms with E-state index in [0.29, 0.717) is 6.61 Å². The highest BCUT2D eigenvalue weighted by molar-refractivity contribution is 5.73. The van der Waals surface area contributed by atoms with Crippen LogP contribution in [0.15, 0.2) is 0 Å². The third-order valence-corrected chi connectivity index (χ3v) is 5.11. The molecule has 1 N–H and O–H groups in total. The van der Waals surface area contributed by atoms with Gasteiger partial charge in [-0.1, -0.05) is 39.0 Å². The van der Waals surface area contributed by atoms with Gasteiger partial charge in [-0.25, -0.2) is 0 Å². The van der Waals surface area contributed by atoms with E-state index in [2.05, 4.69) is 12.2 Å².